The summed E-state index contributed by atoms with van der Waals surface area (Å²) in [5.74, 6) is 0.912. The number of ether oxygens (including phenoxy) is 2. The lowest BCUT2D eigenvalue weighted by molar-refractivity contribution is -0.274. The van der Waals surface area contributed by atoms with E-state index in [1.54, 1.807) is 0 Å². The molecule has 1 amide bonds. The van der Waals surface area contributed by atoms with Gasteiger partial charge in [-0.15, -0.1) is 13.2 Å². The maximum absolute atomic E-state index is 12.3. The van der Waals surface area contributed by atoms with E-state index >= 15 is 0 Å². The number of piperidine rings is 1. The zero-order chi connectivity index (χ0) is 19.0. The number of alkyl halides is 3. The minimum atomic E-state index is -4.77. The van der Waals surface area contributed by atoms with E-state index in [4.69, 9.17) is 4.74 Å². The highest BCUT2D eigenvalue weighted by Gasteiger charge is 2.55. The lowest BCUT2D eigenvalue weighted by atomic mass is 10.2. The Bertz CT molecular complexity index is 679. The van der Waals surface area contributed by atoms with Crippen LogP contribution in [0.4, 0.5) is 13.2 Å². The number of rotatable bonds is 6. The van der Waals surface area contributed by atoms with Crippen LogP contribution in [-0.4, -0.2) is 56.1 Å². The van der Waals surface area contributed by atoms with Gasteiger partial charge in [0.15, 0.2) is 0 Å². The number of hydrogen-bond donors (Lipinski definition) is 1. The van der Waals surface area contributed by atoms with Crippen LogP contribution in [0.15, 0.2) is 24.3 Å². The summed E-state index contributed by atoms with van der Waals surface area (Å²) in [4.78, 5) is 14.7. The van der Waals surface area contributed by atoms with Gasteiger partial charge >= 0.3 is 6.36 Å². The van der Waals surface area contributed by atoms with Crippen LogP contribution in [0.3, 0.4) is 0 Å². The fourth-order valence-corrected chi connectivity index (χ4v) is 4.41. The van der Waals surface area contributed by atoms with Crippen LogP contribution in [-0.2, 0) is 4.74 Å². The van der Waals surface area contributed by atoms with Gasteiger partial charge in [-0.1, -0.05) is 6.07 Å². The van der Waals surface area contributed by atoms with Crippen LogP contribution in [0.2, 0.25) is 0 Å². The minimum Gasteiger partial charge on any atom is -0.406 e. The quantitative estimate of drug-likeness (QED) is 0.819. The third-order valence-electron chi connectivity index (χ3n) is 5.76. The average molecular weight is 384 g/mol. The van der Waals surface area contributed by atoms with Crippen molar-refractivity contribution in [1.82, 2.24) is 10.2 Å². The van der Waals surface area contributed by atoms with Crippen LogP contribution < -0.4 is 10.1 Å². The van der Waals surface area contributed by atoms with Gasteiger partial charge in [0.05, 0.1) is 6.10 Å². The van der Waals surface area contributed by atoms with E-state index < -0.39 is 6.36 Å². The molecule has 0 bridgehead atoms. The second-order valence-corrected chi connectivity index (χ2v) is 7.63. The van der Waals surface area contributed by atoms with Crippen LogP contribution in [0.1, 0.15) is 23.2 Å². The molecule has 2 saturated heterocycles. The largest absolute Gasteiger partial charge is 0.573 e. The number of benzene rings is 1. The number of carbonyl (C=O) groups is 1. The summed E-state index contributed by atoms with van der Waals surface area (Å²) in [5, 5.41) is 2.85. The Morgan fingerprint density at radius 2 is 2.07 bits per heavy atom. The topological polar surface area (TPSA) is 50.8 Å². The van der Waals surface area contributed by atoms with Gasteiger partial charge in [-0.25, -0.2) is 0 Å². The number of amides is 1. The van der Waals surface area contributed by atoms with Gasteiger partial charge in [-0.2, -0.15) is 0 Å². The molecular formula is C19H23F3N2O3. The predicted octanol–water partition coefficient (Wildman–Crippen LogP) is 2.67. The summed E-state index contributed by atoms with van der Waals surface area (Å²) in [7, 11) is 0. The molecule has 148 valence electrons. The molecule has 5 nitrogen and oxygen atoms in total. The number of nitrogens with one attached hydrogen (secondary N) is 1. The first-order valence-corrected chi connectivity index (χ1v) is 9.37. The Morgan fingerprint density at radius 1 is 1.30 bits per heavy atom. The first kappa shape index (κ1) is 18.6. The smallest absolute Gasteiger partial charge is 0.406 e. The molecule has 3 aliphatic rings. The molecule has 2 heterocycles. The van der Waals surface area contributed by atoms with E-state index in [-0.39, 0.29) is 17.2 Å². The van der Waals surface area contributed by atoms with Crippen molar-refractivity contribution < 1.29 is 27.4 Å². The standard InChI is InChI=1S/C19H23F3N2O3/c20-19(21,22)27-13-4-1-3-12(7-13)18(25)23-8-15-16-10-24(11-17(15)16)9-14-5-2-6-26-14/h1,3-4,7,14-17H,2,5-6,8-11H2,(H,23,25). The van der Waals surface area contributed by atoms with E-state index in [1.807, 2.05) is 0 Å². The minimum absolute atomic E-state index is 0.169. The van der Waals surface area contributed by atoms with Crippen molar-refractivity contribution in [3.8, 4) is 5.75 Å². The van der Waals surface area contributed by atoms with Crippen LogP contribution in [0.25, 0.3) is 0 Å². The summed E-state index contributed by atoms with van der Waals surface area (Å²) < 4.78 is 46.4. The number of fused-ring (bicyclic) bond motifs is 1. The molecular weight excluding hydrogens is 361 g/mol. The van der Waals surface area contributed by atoms with Gasteiger partial charge in [0.2, 0.25) is 0 Å². The third-order valence-corrected chi connectivity index (χ3v) is 5.76. The Kier molecular flexibility index (Phi) is 5.03. The zero-order valence-electron chi connectivity index (χ0n) is 14.9. The lowest BCUT2D eigenvalue weighted by Gasteiger charge is -2.22. The molecule has 27 heavy (non-hydrogen) atoms. The number of halogens is 3. The van der Waals surface area contributed by atoms with E-state index in [1.165, 1.54) is 18.2 Å². The van der Waals surface area contributed by atoms with Crippen molar-refractivity contribution in [3.63, 3.8) is 0 Å². The van der Waals surface area contributed by atoms with Crippen molar-refractivity contribution in [2.75, 3.05) is 32.8 Å². The van der Waals surface area contributed by atoms with Gasteiger partial charge in [-0.05, 0) is 48.8 Å². The SMILES string of the molecule is O=C(NCC1C2CN(CC3CCCO3)CC12)c1cccc(OC(F)(F)F)c1. The molecule has 2 aliphatic heterocycles. The van der Waals surface area contributed by atoms with E-state index in [2.05, 4.69) is 15.0 Å². The predicted molar refractivity (Wildman–Crippen MR) is 91.3 cm³/mol. The van der Waals surface area contributed by atoms with E-state index in [0.717, 1.165) is 45.1 Å². The van der Waals surface area contributed by atoms with Crippen LogP contribution >= 0.6 is 0 Å². The summed E-state index contributed by atoms with van der Waals surface area (Å²) in [6, 6.07) is 5.15. The monoisotopic (exact) mass is 384 g/mol. The third kappa shape index (κ3) is 4.55. The summed E-state index contributed by atoms with van der Waals surface area (Å²) in [6.07, 6.45) is -2.11. The maximum atomic E-state index is 12.3. The highest BCUT2D eigenvalue weighted by molar-refractivity contribution is 5.94. The molecule has 1 saturated carbocycles. The van der Waals surface area contributed by atoms with Gasteiger partial charge in [0.25, 0.3) is 5.91 Å². The van der Waals surface area contributed by atoms with Crippen LogP contribution in [0, 0.1) is 17.8 Å². The maximum Gasteiger partial charge on any atom is 0.573 e. The molecule has 3 atom stereocenters. The summed E-state index contributed by atoms with van der Waals surface area (Å²) in [6.45, 7) is 4.51. The molecule has 0 aromatic heterocycles. The Hall–Kier alpha value is -1.80. The highest BCUT2D eigenvalue weighted by atomic mass is 19.4. The second-order valence-electron chi connectivity index (χ2n) is 7.63. The molecule has 3 unspecified atom stereocenters. The van der Waals surface area contributed by atoms with Crippen molar-refractivity contribution in [3.05, 3.63) is 29.8 Å². The van der Waals surface area contributed by atoms with Gasteiger partial charge in [-0.3, -0.25) is 4.79 Å². The Balaban J connectivity index is 1.22. The molecule has 1 N–H and O–H groups in total. The van der Waals surface area contributed by atoms with E-state index in [0.29, 0.717) is 30.4 Å². The Morgan fingerprint density at radius 3 is 2.74 bits per heavy atom. The molecule has 3 fully saturated rings. The summed E-state index contributed by atoms with van der Waals surface area (Å²) in [5.41, 5.74) is 0.169. The van der Waals surface area contributed by atoms with Gasteiger partial charge in [0, 0.05) is 38.3 Å². The molecule has 1 aromatic carbocycles. The van der Waals surface area contributed by atoms with Crippen LogP contribution in [0.5, 0.6) is 5.75 Å². The fourth-order valence-electron chi connectivity index (χ4n) is 4.41. The second kappa shape index (κ2) is 7.31. The normalized spacial score (nSPS) is 30.2. The molecule has 0 radical (unpaired) electrons. The average Bonchev–Trinajstić information content (AvgIpc) is 2.98. The molecule has 0 spiro atoms. The van der Waals surface area contributed by atoms with Crippen molar-refractivity contribution in [1.29, 1.82) is 0 Å². The molecule has 4 rings (SSSR count). The molecule has 1 aliphatic carbocycles. The lowest BCUT2D eigenvalue weighted by Crippen LogP contribution is -2.34. The molecule has 1 aromatic rings. The molecule has 8 heteroatoms. The number of hydrogen-bond acceptors (Lipinski definition) is 4. The van der Waals surface area contributed by atoms with Gasteiger partial charge < -0.3 is 19.7 Å². The van der Waals surface area contributed by atoms with Crippen molar-refractivity contribution in [2.24, 2.45) is 17.8 Å². The number of carbonyl (C=O) groups excluding carboxylic acids is 1. The van der Waals surface area contributed by atoms with Crippen molar-refractivity contribution in [2.45, 2.75) is 25.3 Å². The zero-order valence-corrected chi connectivity index (χ0v) is 14.9. The Labute approximate surface area is 155 Å². The summed E-state index contributed by atoms with van der Waals surface area (Å²) >= 11 is 0. The van der Waals surface area contributed by atoms with E-state index in [9.17, 15) is 18.0 Å². The number of likely N-dealkylation sites (tertiary alicyclic amines) is 1. The first-order chi connectivity index (χ1) is 12.9. The highest BCUT2D eigenvalue weighted by Crippen LogP contribution is 2.51. The number of nitrogens with zero attached hydrogens (tertiary/aromatic N) is 1. The first-order valence-electron chi connectivity index (χ1n) is 9.37. The fraction of sp³-hybridized carbons (Fsp3) is 0.632. The van der Waals surface area contributed by atoms with Gasteiger partial charge in [0.1, 0.15) is 5.75 Å². The van der Waals surface area contributed by atoms with Crippen molar-refractivity contribution >= 4 is 5.91 Å².